The summed E-state index contributed by atoms with van der Waals surface area (Å²) >= 11 is 0. The quantitative estimate of drug-likeness (QED) is 0.896. The van der Waals surface area contributed by atoms with Gasteiger partial charge in [0.25, 0.3) is 0 Å². The summed E-state index contributed by atoms with van der Waals surface area (Å²) in [6, 6.07) is 3.84. The molecule has 0 spiro atoms. The molecule has 112 valence electrons. The van der Waals surface area contributed by atoms with Gasteiger partial charge in [-0.3, -0.25) is 4.72 Å². The third-order valence-electron chi connectivity index (χ3n) is 3.07. The Balaban J connectivity index is 2.01. The number of sulfonamides is 1. The summed E-state index contributed by atoms with van der Waals surface area (Å²) in [7, 11) is -3.56. The van der Waals surface area contributed by atoms with Gasteiger partial charge in [0, 0.05) is 11.7 Å². The lowest BCUT2D eigenvalue weighted by molar-refractivity contribution is -0.137. The zero-order chi connectivity index (χ0) is 14.8. The molecule has 0 aliphatic carbocycles. The first-order valence-corrected chi connectivity index (χ1v) is 7.83. The Kier molecular flexibility index (Phi) is 4.24. The van der Waals surface area contributed by atoms with Gasteiger partial charge in [-0.05, 0) is 43.7 Å². The van der Waals surface area contributed by atoms with Crippen molar-refractivity contribution in [1.29, 1.82) is 0 Å². The van der Waals surface area contributed by atoms with Gasteiger partial charge in [-0.25, -0.2) is 8.42 Å². The van der Waals surface area contributed by atoms with Crippen LogP contribution in [0, 0.1) is 0 Å². The Morgan fingerprint density at radius 2 is 1.90 bits per heavy atom. The summed E-state index contributed by atoms with van der Waals surface area (Å²) < 4.78 is 63.2. The second-order valence-electron chi connectivity index (χ2n) is 4.75. The molecule has 1 unspecified atom stereocenters. The van der Waals surface area contributed by atoms with E-state index in [1.807, 2.05) is 0 Å². The fraction of sp³-hybridized carbons (Fsp3) is 0.500. The molecule has 0 bridgehead atoms. The van der Waals surface area contributed by atoms with E-state index in [2.05, 4.69) is 10.0 Å². The van der Waals surface area contributed by atoms with E-state index in [0.29, 0.717) is 0 Å². The lowest BCUT2D eigenvalue weighted by Gasteiger charge is -2.13. The average molecular weight is 308 g/mol. The van der Waals surface area contributed by atoms with Gasteiger partial charge < -0.3 is 5.32 Å². The number of rotatable bonds is 4. The van der Waals surface area contributed by atoms with Gasteiger partial charge in [-0.1, -0.05) is 0 Å². The molecule has 1 aromatic rings. The Bertz CT molecular complexity index is 549. The highest BCUT2D eigenvalue weighted by atomic mass is 32.2. The number of halogens is 3. The molecule has 1 fully saturated rings. The first-order chi connectivity index (χ1) is 9.26. The molecule has 8 heteroatoms. The van der Waals surface area contributed by atoms with E-state index >= 15 is 0 Å². The summed E-state index contributed by atoms with van der Waals surface area (Å²) in [5.41, 5.74) is -0.672. The van der Waals surface area contributed by atoms with Gasteiger partial charge in [-0.2, -0.15) is 13.2 Å². The lowest BCUT2D eigenvalue weighted by atomic mass is 10.2. The Morgan fingerprint density at radius 1 is 1.25 bits per heavy atom. The zero-order valence-electron chi connectivity index (χ0n) is 10.6. The maximum Gasteiger partial charge on any atom is 0.416 e. The smallest absolute Gasteiger partial charge is 0.313 e. The van der Waals surface area contributed by atoms with Crippen LogP contribution in [-0.4, -0.2) is 26.8 Å². The van der Waals surface area contributed by atoms with E-state index in [1.54, 1.807) is 0 Å². The predicted molar refractivity (Wildman–Crippen MR) is 69.9 cm³/mol. The van der Waals surface area contributed by atoms with Crippen molar-refractivity contribution >= 4 is 15.7 Å². The van der Waals surface area contributed by atoms with Crippen molar-refractivity contribution in [2.24, 2.45) is 0 Å². The predicted octanol–water partition coefficient (Wildman–Crippen LogP) is 2.20. The van der Waals surface area contributed by atoms with Crippen LogP contribution in [0.15, 0.2) is 24.3 Å². The van der Waals surface area contributed by atoms with Crippen LogP contribution in [0.2, 0.25) is 0 Å². The molecule has 1 aliphatic rings. The Morgan fingerprint density at radius 3 is 2.40 bits per heavy atom. The number of hydrogen-bond donors (Lipinski definition) is 2. The second kappa shape index (κ2) is 5.61. The Hall–Kier alpha value is -1.28. The third-order valence-corrected chi connectivity index (χ3v) is 4.46. The first-order valence-electron chi connectivity index (χ1n) is 6.17. The van der Waals surface area contributed by atoms with E-state index in [-0.39, 0.29) is 17.5 Å². The monoisotopic (exact) mass is 308 g/mol. The van der Waals surface area contributed by atoms with Crippen molar-refractivity contribution in [2.45, 2.75) is 25.1 Å². The maximum absolute atomic E-state index is 12.4. The summed E-state index contributed by atoms with van der Waals surface area (Å²) in [4.78, 5) is 0. The van der Waals surface area contributed by atoms with Crippen molar-refractivity contribution in [2.75, 3.05) is 17.0 Å². The van der Waals surface area contributed by atoms with Crippen LogP contribution in [0.1, 0.15) is 18.4 Å². The van der Waals surface area contributed by atoms with E-state index in [4.69, 9.17) is 0 Å². The van der Waals surface area contributed by atoms with E-state index < -0.39 is 21.8 Å². The minimum atomic E-state index is -4.43. The van der Waals surface area contributed by atoms with Crippen LogP contribution < -0.4 is 10.0 Å². The highest BCUT2D eigenvalue weighted by molar-refractivity contribution is 7.92. The summed E-state index contributed by atoms with van der Waals surface area (Å²) in [5.74, 6) is -0.0754. The van der Waals surface area contributed by atoms with Gasteiger partial charge in [0.05, 0.1) is 11.3 Å². The SMILES string of the molecule is O=S(=O)(CC1CCCN1)Nc1ccc(C(F)(F)F)cc1. The zero-order valence-corrected chi connectivity index (χ0v) is 11.4. The van der Waals surface area contributed by atoms with Gasteiger partial charge in [0.1, 0.15) is 0 Å². The molecule has 1 saturated heterocycles. The van der Waals surface area contributed by atoms with Crippen LogP contribution in [0.3, 0.4) is 0 Å². The van der Waals surface area contributed by atoms with E-state index in [0.717, 1.165) is 43.7 Å². The maximum atomic E-state index is 12.4. The largest absolute Gasteiger partial charge is 0.416 e. The topological polar surface area (TPSA) is 58.2 Å². The van der Waals surface area contributed by atoms with Crippen LogP contribution in [0.5, 0.6) is 0 Å². The number of anilines is 1. The first kappa shape index (κ1) is 15.1. The highest BCUT2D eigenvalue weighted by Gasteiger charge is 2.30. The van der Waals surface area contributed by atoms with Crippen LogP contribution in [0.4, 0.5) is 18.9 Å². The van der Waals surface area contributed by atoms with Crippen molar-refractivity contribution < 1.29 is 21.6 Å². The van der Waals surface area contributed by atoms with Crippen LogP contribution >= 0.6 is 0 Å². The molecule has 2 rings (SSSR count). The number of hydrogen-bond acceptors (Lipinski definition) is 3. The van der Waals surface area contributed by atoms with Gasteiger partial charge in [0.15, 0.2) is 0 Å². The summed E-state index contributed by atoms with van der Waals surface area (Å²) in [6.45, 7) is 0.792. The third kappa shape index (κ3) is 4.11. The minimum Gasteiger partial charge on any atom is -0.313 e. The molecule has 1 aromatic carbocycles. The van der Waals surface area contributed by atoms with E-state index in [9.17, 15) is 21.6 Å². The lowest BCUT2D eigenvalue weighted by Crippen LogP contribution is -2.32. The molecule has 1 aliphatic heterocycles. The summed E-state index contributed by atoms with van der Waals surface area (Å²) in [5, 5.41) is 3.06. The molecule has 0 amide bonds. The normalized spacial score (nSPS) is 20.1. The molecule has 0 radical (unpaired) electrons. The molecule has 1 heterocycles. The molecule has 4 nitrogen and oxygen atoms in total. The fourth-order valence-electron chi connectivity index (χ4n) is 2.11. The van der Waals surface area contributed by atoms with Gasteiger partial charge in [-0.15, -0.1) is 0 Å². The molecule has 2 N–H and O–H groups in total. The molecular formula is C12H15F3N2O2S. The molecule has 20 heavy (non-hydrogen) atoms. The Labute approximate surface area is 115 Å². The number of alkyl halides is 3. The molecule has 0 saturated carbocycles. The second-order valence-corrected chi connectivity index (χ2v) is 6.52. The van der Waals surface area contributed by atoms with Crippen molar-refractivity contribution in [3.8, 4) is 0 Å². The minimum absolute atomic E-state index is 0.0754. The van der Waals surface area contributed by atoms with Crippen molar-refractivity contribution in [3.05, 3.63) is 29.8 Å². The van der Waals surface area contributed by atoms with E-state index in [1.165, 1.54) is 0 Å². The average Bonchev–Trinajstić information content (AvgIpc) is 2.79. The van der Waals surface area contributed by atoms with Gasteiger partial charge in [0.2, 0.25) is 10.0 Å². The van der Waals surface area contributed by atoms with Crippen molar-refractivity contribution in [1.82, 2.24) is 5.32 Å². The summed E-state index contributed by atoms with van der Waals surface area (Å²) in [6.07, 6.45) is -2.71. The molecular weight excluding hydrogens is 293 g/mol. The van der Waals surface area contributed by atoms with Crippen molar-refractivity contribution in [3.63, 3.8) is 0 Å². The number of benzene rings is 1. The highest BCUT2D eigenvalue weighted by Crippen LogP contribution is 2.30. The molecule has 1 atom stereocenters. The molecule has 0 aromatic heterocycles. The van der Waals surface area contributed by atoms with Gasteiger partial charge >= 0.3 is 6.18 Å². The standard InChI is InChI=1S/C12H15F3N2O2S/c13-12(14,15)9-3-5-10(6-4-9)17-20(18,19)8-11-2-1-7-16-11/h3-6,11,16-17H,1-2,7-8H2. The van der Waals surface area contributed by atoms with Crippen LogP contribution in [-0.2, 0) is 16.2 Å². The fourth-order valence-corrected chi connectivity index (χ4v) is 3.51. The van der Waals surface area contributed by atoms with Crippen LogP contribution in [0.25, 0.3) is 0 Å². The number of nitrogens with one attached hydrogen (secondary N) is 2.